The van der Waals surface area contributed by atoms with Crippen LogP contribution in [0.2, 0.25) is 0 Å². The van der Waals surface area contributed by atoms with E-state index in [0.29, 0.717) is 0 Å². The molecule has 0 spiro atoms. The third kappa shape index (κ3) is 3.78. The maximum absolute atomic E-state index is 12.2. The first-order valence-electron chi connectivity index (χ1n) is 5.06. The normalized spacial score (nSPS) is 11.6. The summed E-state index contributed by atoms with van der Waals surface area (Å²) >= 11 is 3.23. The average molecular weight is 333 g/mol. The van der Waals surface area contributed by atoms with Gasteiger partial charge >= 0.3 is 5.51 Å². The van der Waals surface area contributed by atoms with Crippen molar-refractivity contribution in [2.45, 2.75) is 10.4 Å². The van der Waals surface area contributed by atoms with Crippen molar-refractivity contribution in [3.8, 4) is 11.1 Å². The van der Waals surface area contributed by atoms with Gasteiger partial charge in [0, 0.05) is 9.37 Å². The second-order valence-electron chi connectivity index (χ2n) is 3.58. The Morgan fingerprint density at radius 1 is 0.778 bits per heavy atom. The number of alkyl halides is 3. The summed E-state index contributed by atoms with van der Waals surface area (Å²) in [5, 5.41) is 0. The van der Waals surface area contributed by atoms with Crippen LogP contribution in [-0.2, 0) is 0 Å². The Morgan fingerprint density at radius 3 is 1.67 bits per heavy atom. The van der Waals surface area contributed by atoms with Crippen molar-refractivity contribution < 1.29 is 13.2 Å². The van der Waals surface area contributed by atoms with Gasteiger partial charge in [0.25, 0.3) is 0 Å². The van der Waals surface area contributed by atoms with Crippen LogP contribution in [0.25, 0.3) is 11.1 Å². The fourth-order valence-electron chi connectivity index (χ4n) is 1.49. The van der Waals surface area contributed by atoms with Crippen LogP contribution in [0.4, 0.5) is 13.2 Å². The lowest BCUT2D eigenvalue weighted by Gasteiger charge is -2.06. The Bertz CT molecular complexity index is 517. The number of rotatable bonds is 2. The van der Waals surface area contributed by atoms with E-state index in [9.17, 15) is 13.2 Å². The van der Waals surface area contributed by atoms with Gasteiger partial charge in [-0.2, -0.15) is 13.2 Å². The fourth-order valence-corrected chi connectivity index (χ4v) is 2.30. The van der Waals surface area contributed by atoms with Crippen LogP contribution in [-0.4, -0.2) is 5.51 Å². The highest BCUT2D eigenvalue weighted by atomic mass is 79.9. The van der Waals surface area contributed by atoms with Crippen molar-refractivity contribution in [1.29, 1.82) is 0 Å². The highest BCUT2D eigenvalue weighted by Gasteiger charge is 2.28. The van der Waals surface area contributed by atoms with E-state index in [0.717, 1.165) is 15.6 Å². The van der Waals surface area contributed by atoms with Crippen molar-refractivity contribution in [3.63, 3.8) is 0 Å². The Balaban J connectivity index is 2.20. The van der Waals surface area contributed by atoms with Crippen molar-refractivity contribution in [2.24, 2.45) is 0 Å². The predicted molar refractivity (Wildman–Crippen MR) is 71.5 cm³/mol. The van der Waals surface area contributed by atoms with Crippen LogP contribution >= 0.6 is 27.7 Å². The van der Waals surface area contributed by atoms with Gasteiger partial charge in [-0.3, -0.25) is 0 Å². The van der Waals surface area contributed by atoms with Crippen molar-refractivity contribution in [1.82, 2.24) is 0 Å². The summed E-state index contributed by atoms with van der Waals surface area (Å²) in [5.41, 5.74) is -2.37. The lowest BCUT2D eigenvalue weighted by Crippen LogP contribution is -1.98. The molecule has 0 unspecified atom stereocenters. The molecule has 94 valence electrons. The molecule has 0 atom stereocenters. The Kier molecular flexibility index (Phi) is 4.02. The molecule has 18 heavy (non-hydrogen) atoms. The topological polar surface area (TPSA) is 0 Å². The van der Waals surface area contributed by atoms with Crippen LogP contribution in [0.3, 0.4) is 0 Å². The van der Waals surface area contributed by atoms with Gasteiger partial charge in [-0.25, -0.2) is 0 Å². The second-order valence-corrected chi connectivity index (χ2v) is 5.63. The molecule has 0 aliphatic rings. The summed E-state index contributed by atoms with van der Waals surface area (Å²) in [6.07, 6.45) is 0. The molecule has 2 aromatic carbocycles. The van der Waals surface area contributed by atoms with E-state index in [1.54, 1.807) is 12.1 Å². The van der Waals surface area contributed by atoms with Crippen LogP contribution in [0.15, 0.2) is 57.9 Å². The molecule has 2 aromatic rings. The van der Waals surface area contributed by atoms with E-state index in [2.05, 4.69) is 15.9 Å². The Hall–Kier alpha value is -0.940. The lowest BCUT2D eigenvalue weighted by molar-refractivity contribution is -0.0328. The lowest BCUT2D eigenvalue weighted by atomic mass is 10.1. The zero-order valence-electron chi connectivity index (χ0n) is 9.04. The SMILES string of the molecule is FC(F)(F)Sc1ccc(-c2ccc(Br)cc2)cc1. The second kappa shape index (κ2) is 5.36. The van der Waals surface area contributed by atoms with Gasteiger partial charge in [-0.05, 0) is 47.2 Å². The highest BCUT2D eigenvalue weighted by molar-refractivity contribution is 9.10. The summed E-state index contributed by atoms with van der Waals surface area (Å²) in [6.45, 7) is 0. The summed E-state index contributed by atoms with van der Waals surface area (Å²) < 4.78 is 37.5. The van der Waals surface area contributed by atoms with Crippen LogP contribution in [0.1, 0.15) is 0 Å². The van der Waals surface area contributed by atoms with E-state index in [4.69, 9.17) is 0 Å². The van der Waals surface area contributed by atoms with E-state index in [1.165, 1.54) is 12.1 Å². The van der Waals surface area contributed by atoms with Gasteiger partial charge in [0.2, 0.25) is 0 Å². The maximum Gasteiger partial charge on any atom is 0.446 e. The molecule has 0 saturated heterocycles. The first kappa shape index (κ1) is 13.5. The highest BCUT2D eigenvalue weighted by Crippen LogP contribution is 2.37. The molecule has 0 aromatic heterocycles. The van der Waals surface area contributed by atoms with Gasteiger partial charge in [0.05, 0.1) is 0 Å². The van der Waals surface area contributed by atoms with E-state index < -0.39 is 5.51 Å². The van der Waals surface area contributed by atoms with Gasteiger partial charge in [-0.15, -0.1) is 0 Å². The number of hydrogen-bond acceptors (Lipinski definition) is 1. The monoisotopic (exact) mass is 332 g/mol. The van der Waals surface area contributed by atoms with Crippen molar-refractivity contribution in [2.75, 3.05) is 0 Å². The zero-order valence-corrected chi connectivity index (χ0v) is 11.4. The van der Waals surface area contributed by atoms with Crippen molar-refractivity contribution in [3.05, 3.63) is 53.0 Å². The third-order valence-corrected chi connectivity index (χ3v) is 3.53. The molecule has 0 aliphatic carbocycles. The van der Waals surface area contributed by atoms with Gasteiger partial charge in [-0.1, -0.05) is 40.2 Å². The molecular weight excluding hydrogens is 325 g/mol. The number of halogens is 4. The molecule has 0 nitrogen and oxygen atoms in total. The molecule has 0 N–H and O–H groups in total. The molecule has 5 heteroatoms. The molecule has 2 rings (SSSR count). The number of thioether (sulfide) groups is 1. The van der Waals surface area contributed by atoms with Crippen LogP contribution < -0.4 is 0 Å². The molecule has 0 heterocycles. The molecule has 0 saturated carbocycles. The zero-order chi connectivity index (χ0) is 13.2. The third-order valence-electron chi connectivity index (χ3n) is 2.27. The predicted octanol–water partition coefficient (Wildman–Crippen LogP) is 5.73. The standard InChI is InChI=1S/C13H8BrF3S/c14-11-5-1-9(2-6-11)10-3-7-12(8-4-10)18-13(15,16)17/h1-8H. The van der Waals surface area contributed by atoms with Gasteiger partial charge in [0.15, 0.2) is 0 Å². The summed E-state index contributed by atoms with van der Waals surface area (Å²) in [4.78, 5) is 0.198. The Morgan fingerprint density at radius 2 is 1.22 bits per heavy atom. The number of benzene rings is 2. The Labute approximate surface area is 115 Å². The molecule has 0 aliphatic heterocycles. The fraction of sp³-hybridized carbons (Fsp3) is 0.0769. The quantitative estimate of drug-likeness (QED) is 0.633. The van der Waals surface area contributed by atoms with E-state index in [-0.39, 0.29) is 16.7 Å². The summed E-state index contributed by atoms with van der Waals surface area (Å²) in [5.74, 6) is 0. The maximum atomic E-state index is 12.2. The van der Waals surface area contributed by atoms with Crippen LogP contribution in [0, 0.1) is 0 Å². The van der Waals surface area contributed by atoms with E-state index in [1.807, 2.05) is 24.3 Å². The number of hydrogen-bond donors (Lipinski definition) is 0. The van der Waals surface area contributed by atoms with Gasteiger partial charge < -0.3 is 0 Å². The van der Waals surface area contributed by atoms with Gasteiger partial charge in [0.1, 0.15) is 0 Å². The van der Waals surface area contributed by atoms with Crippen molar-refractivity contribution >= 4 is 27.7 Å². The molecule has 0 radical (unpaired) electrons. The summed E-state index contributed by atoms with van der Waals surface area (Å²) in [6, 6.07) is 14.0. The first-order chi connectivity index (χ1) is 8.44. The largest absolute Gasteiger partial charge is 0.446 e. The molecule has 0 bridgehead atoms. The molecule has 0 fully saturated rings. The molecular formula is C13H8BrF3S. The minimum Gasteiger partial charge on any atom is -0.160 e. The minimum atomic E-state index is -4.24. The smallest absolute Gasteiger partial charge is 0.160 e. The molecule has 0 amide bonds. The van der Waals surface area contributed by atoms with E-state index >= 15 is 0 Å². The minimum absolute atomic E-state index is 0.100. The van der Waals surface area contributed by atoms with Crippen LogP contribution in [0.5, 0.6) is 0 Å². The average Bonchev–Trinajstić information content (AvgIpc) is 2.29. The summed E-state index contributed by atoms with van der Waals surface area (Å²) in [7, 11) is 0. The first-order valence-corrected chi connectivity index (χ1v) is 6.67.